The molecular formula is C21H32O3. The Balaban J connectivity index is 2.94. The molecule has 0 fully saturated rings. The minimum atomic E-state index is -0.322. The van der Waals surface area contributed by atoms with Crippen LogP contribution in [-0.4, -0.2) is 11.8 Å². The highest BCUT2D eigenvalue weighted by atomic mass is 16.5. The van der Waals surface area contributed by atoms with Crippen LogP contribution in [0.15, 0.2) is 18.2 Å². The Kier molecular flexibility index (Phi) is 8.17. The van der Waals surface area contributed by atoms with Crippen molar-refractivity contribution in [3.05, 3.63) is 29.3 Å². The summed E-state index contributed by atoms with van der Waals surface area (Å²) < 4.78 is 5.41. The zero-order valence-electron chi connectivity index (χ0n) is 15.9. The van der Waals surface area contributed by atoms with Crippen molar-refractivity contribution in [2.45, 2.75) is 85.0 Å². The van der Waals surface area contributed by atoms with E-state index in [9.17, 15) is 9.59 Å². The molecule has 0 aliphatic rings. The Morgan fingerprint density at radius 3 is 2.38 bits per heavy atom. The maximum atomic E-state index is 11.4. The molecule has 1 rings (SSSR count). The van der Waals surface area contributed by atoms with E-state index in [0.717, 1.165) is 12.0 Å². The summed E-state index contributed by atoms with van der Waals surface area (Å²) in [5, 5.41) is 0. The zero-order valence-corrected chi connectivity index (χ0v) is 15.9. The van der Waals surface area contributed by atoms with Gasteiger partial charge in [-0.2, -0.15) is 0 Å². The van der Waals surface area contributed by atoms with Crippen molar-refractivity contribution >= 4 is 11.8 Å². The molecule has 0 spiro atoms. The number of aryl methyl sites for hydroxylation is 1. The van der Waals surface area contributed by atoms with Gasteiger partial charge in [0.05, 0.1) is 0 Å². The van der Waals surface area contributed by atoms with Gasteiger partial charge in [-0.15, -0.1) is 0 Å². The largest absolute Gasteiger partial charge is 0.426 e. The molecule has 0 saturated heterocycles. The number of unbranched alkanes of at least 4 members (excludes halogenated alkanes) is 3. The average Bonchev–Trinajstić information content (AvgIpc) is 2.49. The van der Waals surface area contributed by atoms with E-state index in [4.69, 9.17) is 4.74 Å². The van der Waals surface area contributed by atoms with Gasteiger partial charge < -0.3 is 9.53 Å². The summed E-state index contributed by atoms with van der Waals surface area (Å²) in [7, 11) is 0. The van der Waals surface area contributed by atoms with Crippen LogP contribution in [0.1, 0.15) is 84.3 Å². The van der Waals surface area contributed by atoms with Gasteiger partial charge in [0.25, 0.3) is 0 Å². The van der Waals surface area contributed by atoms with Gasteiger partial charge in [-0.25, -0.2) is 0 Å². The van der Waals surface area contributed by atoms with Crippen LogP contribution < -0.4 is 4.74 Å². The first-order chi connectivity index (χ1) is 11.3. The van der Waals surface area contributed by atoms with Gasteiger partial charge in [0.1, 0.15) is 11.5 Å². The standard InChI is InChI=1S/C21H32O3/c1-6-7-8-9-14-21(4,5)19-13-12-18(11-10-16(2)22)20(15-19)24-17(3)23/h12-13,15H,6-11,14H2,1-5H3. The second-order valence-corrected chi connectivity index (χ2v) is 7.31. The van der Waals surface area contributed by atoms with Crippen LogP contribution in [0.5, 0.6) is 5.75 Å². The molecule has 0 aliphatic carbocycles. The molecule has 0 N–H and O–H groups in total. The highest BCUT2D eigenvalue weighted by Crippen LogP contribution is 2.33. The summed E-state index contributed by atoms with van der Waals surface area (Å²) in [5.74, 6) is 0.420. The number of ketones is 1. The molecule has 0 amide bonds. The van der Waals surface area contributed by atoms with Crippen LogP contribution in [0, 0.1) is 0 Å². The lowest BCUT2D eigenvalue weighted by atomic mass is 9.79. The molecule has 0 aromatic heterocycles. The molecule has 0 atom stereocenters. The van der Waals surface area contributed by atoms with Crippen LogP contribution >= 0.6 is 0 Å². The summed E-state index contributed by atoms with van der Waals surface area (Å²) in [5.41, 5.74) is 2.15. The van der Waals surface area contributed by atoms with E-state index >= 15 is 0 Å². The SMILES string of the molecule is CCCCCCC(C)(C)c1ccc(CCC(C)=O)c(OC(C)=O)c1. The first-order valence-corrected chi connectivity index (χ1v) is 9.07. The van der Waals surface area contributed by atoms with Gasteiger partial charge >= 0.3 is 5.97 Å². The second kappa shape index (κ2) is 9.61. The molecule has 0 heterocycles. The van der Waals surface area contributed by atoms with Gasteiger partial charge in [0.2, 0.25) is 0 Å². The minimum absolute atomic E-state index is 0.0434. The number of benzene rings is 1. The summed E-state index contributed by atoms with van der Waals surface area (Å²) in [6.45, 7) is 9.69. The molecule has 0 radical (unpaired) electrons. The Hall–Kier alpha value is -1.64. The topological polar surface area (TPSA) is 43.4 Å². The first kappa shape index (κ1) is 20.4. The quantitative estimate of drug-likeness (QED) is 0.328. The predicted molar refractivity (Wildman–Crippen MR) is 98.5 cm³/mol. The summed E-state index contributed by atoms with van der Waals surface area (Å²) in [6.07, 6.45) is 7.16. The molecule has 0 unspecified atom stereocenters. The van der Waals surface area contributed by atoms with E-state index in [1.54, 1.807) is 6.92 Å². The summed E-state index contributed by atoms with van der Waals surface area (Å²) in [4.78, 5) is 22.7. The number of hydrogen-bond acceptors (Lipinski definition) is 3. The number of hydrogen-bond donors (Lipinski definition) is 0. The maximum Gasteiger partial charge on any atom is 0.308 e. The van der Waals surface area contributed by atoms with Crippen molar-refractivity contribution in [3.63, 3.8) is 0 Å². The van der Waals surface area contributed by atoms with Crippen molar-refractivity contribution in [2.75, 3.05) is 0 Å². The lowest BCUT2D eigenvalue weighted by Gasteiger charge is -2.26. The number of carbonyl (C=O) groups is 2. The molecule has 0 bridgehead atoms. The van der Waals surface area contributed by atoms with E-state index in [1.807, 2.05) is 12.1 Å². The highest BCUT2D eigenvalue weighted by molar-refractivity contribution is 5.76. The van der Waals surface area contributed by atoms with Crippen molar-refractivity contribution < 1.29 is 14.3 Å². The zero-order chi connectivity index (χ0) is 18.2. The smallest absolute Gasteiger partial charge is 0.308 e. The third kappa shape index (κ3) is 6.86. The molecule has 3 heteroatoms. The molecular weight excluding hydrogens is 300 g/mol. The molecule has 24 heavy (non-hydrogen) atoms. The lowest BCUT2D eigenvalue weighted by Crippen LogP contribution is -2.18. The Morgan fingerprint density at radius 2 is 1.79 bits per heavy atom. The normalized spacial score (nSPS) is 11.4. The lowest BCUT2D eigenvalue weighted by molar-refractivity contribution is -0.131. The fraction of sp³-hybridized carbons (Fsp3) is 0.619. The van der Waals surface area contributed by atoms with Crippen LogP contribution in [-0.2, 0) is 21.4 Å². The van der Waals surface area contributed by atoms with E-state index in [1.165, 1.54) is 38.2 Å². The number of rotatable bonds is 10. The third-order valence-electron chi connectivity index (χ3n) is 4.50. The maximum absolute atomic E-state index is 11.4. The van der Waals surface area contributed by atoms with E-state index < -0.39 is 0 Å². The van der Waals surface area contributed by atoms with Crippen LogP contribution in [0.3, 0.4) is 0 Å². The highest BCUT2D eigenvalue weighted by Gasteiger charge is 2.22. The number of esters is 1. The predicted octanol–water partition coefficient (Wildman–Crippen LogP) is 5.38. The number of carbonyl (C=O) groups excluding carboxylic acids is 2. The number of ether oxygens (including phenoxy) is 1. The van der Waals surface area contributed by atoms with Gasteiger partial charge in [0, 0.05) is 13.3 Å². The third-order valence-corrected chi connectivity index (χ3v) is 4.50. The first-order valence-electron chi connectivity index (χ1n) is 9.07. The molecule has 1 aromatic rings. The fourth-order valence-corrected chi connectivity index (χ4v) is 2.88. The minimum Gasteiger partial charge on any atom is -0.426 e. The number of Topliss-reactive ketones (excluding diaryl/α,β-unsaturated/α-hetero) is 1. The van der Waals surface area contributed by atoms with Crippen LogP contribution in [0.25, 0.3) is 0 Å². The van der Waals surface area contributed by atoms with Crippen molar-refractivity contribution in [2.24, 2.45) is 0 Å². The second-order valence-electron chi connectivity index (χ2n) is 7.31. The van der Waals surface area contributed by atoms with E-state index in [2.05, 4.69) is 26.8 Å². The molecule has 3 nitrogen and oxygen atoms in total. The fourth-order valence-electron chi connectivity index (χ4n) is 2.88. The van der Waals surface area contributed by atoms with Gasteiger partial charge in [0.15, 0.2) is 0 Å². The van der Waals surface area contributed by atoms with Crippen molar-refractivity contribution in [1.29, 1.82) is 0 Å². The van der Waals surface area contributed by atoms with Crippen LogP contribution in [0.2, 0.25) is 0 Å². The molecule has 1 aromatic carbocycles. The van der Waals surface area contributed by atoms with Gasteiger partial charge in [-0.05, 0) is 42.4 Å². The average molecular weight is 332 g/mol. The van der Waals surface area contributed by atoms with E-state index in [-0.39, 0.29) is 17.2 Å². The van der Waals surface area contributed by atoms with Gasteiger partial charge in [-0.1, -0.05) is 58.6 Å². The van der Waals surface area contributed by atoms with E-state index in [0.29, 0.717) is 18.6 Å². The van der Waals surface area contributed by atoms with Crippen molar-refractivity contribution in [1.82, 2.24) is 0 Å². The van der Waals surface area contributed by atoms with Crippen molar-refractivity contribution in [3.8, 4) is 5.75 Å². The monoisotopic (exact) mass is 332 g/mol. The molecule has 0 aliphatic heterocycles. The van der Waals surface area contributed by atoms with Crippen LogP contribution in [0.4, 0.5) is 0 Å². The molecule has 134 valence electrons. The Labute approximate surface area is 146 Å². The Morgan fingerprint density at radius 1 is 1.08 bits per heavy atom. The summed E-state index contributed by atoms with van der Waals surface area (Å²) in [6, 6.07) is 6.10. The van der Waals surface area contributed by atoms with Gasteiger partial charge in [-0.3, -0.25) is 4.79 Å². The Bertz CT molecular complexity index is 558. The summed E-state index contributed by atoms with van der Waals surface area (Å²) >= 11 is 0. The molecule has 0 saturated carbocycles.